The topological polar surface area (TPSA) is 200 Å². The van der Waals surface area contributed by atoms with Crippen LogP contribution in [0, 0.1) is 46.8 Å². The van der Waals surface area contributed by atoms with Gasteiger partial charge in [0.2, 0.25) is 5.76 Å². The molecule has 4 heterocycles. The number of carbonyl (C=O) groups excluding carboxylic acids is 4. The van der Waals surface area contributed by atoms with E-state index in [1.54, 1.807) is 71.9 Å². The number of aromatic nitrogens is 1. The van der Waals surface area contributed by atoms with E-state index in [0.717, 1.165) is 0 Å². The molecule has 1 amide bonds. The summed E-state index contributed by atoms with van der Waals surface area (Å²) in [6.07, 6.45) is -4.80. The van der Waals surface area contributed by atoms with Gasteiger partial charge in [0.15, 0.2) is 17.7 Å². The fraction of sp³-hybridized carbons (Fsp3) is 0.628. The first-order valence-corrected chi connectivity index (χ1v) is 19.9. The number of amides is 1. The van der Waals surface area contributed by atoms with Crippen molar-refractivity contribution in [1.82, 2.24) is 15.4 Å². The summed E-state index contributed by atoms with van der Waals surface area (Å²) in [7, 11) is 3.69. The second-order valence-corrected chi connectivity index (χ2v) is 16.5. The van der Waals surface area contributed by atoms with Crippen LogP contribution in [0.25, 0.3) is 11.3 Å². The van der Waals surface area contributed by atoms with E-state index in [-0.39, 0.29) is 43.1 Å². The molecular formula is C43H56N4O11. The van der Waals surface area contributed by atoms with Crippen LogP contribution in [0.2, 0.25) is 0 Å². The third-order valence-corrected chi connectivity index (χ3v) is 11.9. The van der Waals surface area contributed by atoms with Crippen LogP contribution in [-0.2, 0) is 38.1 Å². The second-order valence-electron chi connectivity index (χ2n) is 16.5. The molecule has 0 spiro atoms. The number of ketones is 2. The quantitative estimate of drug-likeness (QED) is 0.226. The molecule has 314 valence electrons. The number of esters is 1. The molecule has 13 atom stereocenters. The number of benzene rings is 1. The Balaban J connectivity index is 1.54. The van der Waals surface area contributed by atoms with E-state index in [0.29, 0.717) is 23.2 Å². The van der Waals surface area contributed by atoms with Gasteiger partial charge in [0.1, 0.15) is 36.2 Å². The number of Topliss-reactive ketones (excluding diaryl/α,β-unsaturated/α-hetero) is 2. The van der Waals surface area contributed by atoms with Crippen LogP contribution in [0.5, 0.6) is 0 Å². The normalized spacial score (nSPS) is 36.1. The number of likely N-dealkylation sites (N-methyl/N-ethyl adjacent to an activating group) is 1. The van der Waals surface area contributed by atoms with Crippen LogP contribution in [0.3, 0.4) is 0 Å². The first-order chi connectivity index (χ1) is 27.3. The van der Waals surface area contributed by atoms with Crippen molar-refractivity contribution in [2.75, 3.05) is 20.7 Å². The van der Waals surface area contributed by atoms with Gasteiger partial charge in [0, 0.05) is 35.4 Å². The van der Waals surface area contributed by atoms with E-state index in [4.69, 9.17) is 28.2 Å². The Morgan fingerprint density at radius 3 is 2.45 bits per heavy atom. The van der Waals surface area contributed by atoms with Crippen molar-refractivity contribution in [3.05, 3.63) is 41.7 Å². The fourth-order valence-corrected chi connectivity index (χ4v) is 8.67. The molecule has 2 aromatic rings. The highest BCUT2D eigenvalue weighted by Gasteiger charge is 2.57. The molecule has 0 radical (unpaired) electrons. The van der Waals surface area contributed by atoms with Crippen molar-refractivity contribution < 1.29 is 52.5 Å². The van der Waals surface area contributed by atoms with Crippen LogP contribution in [0.15, 0.2) is 34.9 Å². The molecule has 1 aromatic carbocycles. The summed E-state index contributed by atoms with van der Waals surface area (Å²) in [6.45, 7) is 13.2. The molecule has 0 saturated carbocycles. The zero-order valence-corrected chi connectivity index (χ0v) is 34.9. The number of alkyl carbamates (subject to hydrolysis) is 1. The highest BCUT2D eigenvalue weighted by atomic mass is 16.7. The number of nitrogens with zero attached hydrogens (tertiary/aromatic N) is 3. The SMILES string of the molecule is CC[C@@H]1OC(=O)[C@H](C)C(=O)[C@H](C)[C@@H](O[C@@H]2O[C@H](C)C[C@H](N(C)C)[C@H]2O)[C@@](C)(OCC#Cc2cc(-c3cccc(C#N)c3)no2)C[C@@H](C)C(=O)[C@@H](C)[C@H]2NC(=O)O[C@]12C. The summed E-state index contributed by atoms with van der Waals surface area (Å²) in [5.41, 5.74) is -1.26. The van der Waals surface area contributed by atoms with Crippen LogP contribution >= 0.6 is 0 Å². The van der Waals surface area contributed by atoms with Gasteiger partial charge < -0.3 is 43.5 Å². The van der Waals surface area contributed by atoms with Gasteiger partial charge in [-0.2, -0.15) is 5.26 Å². The maximum Gasteiger partial charge on any atom is 0.408 e. The summed E-state index contributed by atoms with van der Waals surface area (Å²) >= 11 is 0. The van der Waals surface area contributed by atoms with E-state index in [9.17, 15) is 29.5 Å². The third kappa shape index (κ3) is 9.30. The van der Waals surface area contributed by atoms with Crippen molar-refractivity contribution in [2.45, 2.75) is 129 Å². The molecule has 3 saturated heterocycles. The number of rotatable bonds is 7. The minimum absolute atomic E-state index is 0.00553. The lowest BCUT2D eigenvalue weighted by Gasteiger charge is -2.47. The van der Waals surface area contributed by atoms with Gasteiger partial charge in [-0.15, -0.1) is 0 Å². The number of hydrogen-bond acceptors (Lipinski definition) is 14. The monoisotopic (exact) mass is 804 g/mol. The predicted molar refractivity (Wildman–Crippen MR) is 208 cm³/mol. The van der Waals surface area contributed by atoms with E-state index in [1.807, 2.05) is 25.9 Å². The van der Waals surface area contributed by atoms with Crippen molar-refractivity contribution >= 4 is 23.6 Å². The Hall–Kier alpha value is -4.64. The van der Waals surface area contributed by atoms with Crippen LogP contribution < -0.4 is 5.32 Å². The second kappa shape index (κ2) is 18.1. The summed E-state index contributed by atoms with van der Waals surface area (Å²) in [6, 6.07) is 9.43. The highest BCUT2D eigenvalue weighted by Crippen LogP contribution is 2.40. The molecular weight excluding hydrogens is 748 g/mol. The number of carbonyl (C=O) groups is 4. The van der Waals surface area contributed by atoms with Crippen LogP contribution in [-0.4, -0.2) is 113 Å². The molecule has 3 aliphatic heterocycles. The van der Waals surface area contributed by atoms with Crippen LogP contribution in [0.1, 0.15) is 86.0 Å². The number of aliphatic hydroxyl groups excluding tert-OH is 1. The molecule has 0 unspecified atom stereocenters. The summed E-state index contributed by atoms with van der Waals surface area (Å²) < 4.78 is 36.6. The Morgan fingerprint density at radius 1 is 1.05 bits per heavy atom. The van der Waals surface area contributed by atoms with Crippen molar-refractivity contribution in [2.24, 2.45) is 23.7 Å². The highest BCUT2D eigenvalue weighted by molar-refractivity contribution is 6.00. The Morgan fingerprint density at radius 2 is 1.78 bits per heavy atom. The number of fused-ring (bicyclic) bond motifs is 1. The van der Waals surface area contributed by atoms with Crippen LogP contribution in [0.4, 0.5) is 4.79 Å². The predicted octanol–water partition coefficient (Wildman–Crippen LogP) is 4.43. The van der Waals surface area contributed by atoms with Gasteiger partial charge in [-0.1, -0.05) is 50.9 Å². The van der Waals surface area contributed by atoms with Gasteiger partial charge in [-0.05, 0) is 79.1 Å². The van der Waals surface area contributed by atoms with Crippen molar-refractivity contribution in [1.29, 1.82) is 5.26 Å². The first kappa shape index (κ1) is 44.5. The summed E-state index contributed by atoms with van der Waals surface area (Å²) in [5, 5.41) is 27.7. The molecule has 1 aromatic heterocycles. The van der Waals surface area contributed by atoms with E-state index >= 15 is 0 Å². The Bertz CT molecular complexity index is 1950. The zero-order chi connectivity index (χ0) is 42.7. The maximum atomic E-state index is 14.4. The number of aliphatic hydroxyl groups is 1. The number of nitriles is 1. The molecule has 0 aliphatic carbocycles. The lowest BCUT2D eigenvalue weighted by Crippen LogP contribution is -2.60. The van der Waals surface area contributed by atoms with Crippen molar-refractivity contribution in [3.63, 3.8) is 0 Å². The lowest BCUT2D eigenvalue weighted by molar-refractivity contribution is -0.296. The average Bonchev–Trinajstić information content (AvgIpc) is 3.80. The first-order valence-electron chi connectivity index (χ1n) is 19.9. The lowest BCUT2D eigenvalue weighted by atomic mass is 9.73. The van der Waals surface area contributed by atoms with Crippen molar-refractivity contribution in [3.8, 4) is 29.2 Å². The third-order valence-electron chi connectivity index (χ3n) is 11.9. The molecule has 5 rings (SSSR count). The van der Waals surface area contributed by atoms with Gasteiger partial charge >= 0.3 is 12.1 Å². The molecule has 15 heteroatoms. The molecule has 0 bridgehead atoms. The maximum absolute atomic E-state index is 14.4. The molecule has 58 heavy (non-hydrogen) atoms. The fourth-order valence-electron chi connectivity index (χ4n) is 8.67. The molecule has 3 aliphatic rings. The average molecular weight is 805 g/mol. The number of hydrogen-bond donors (Lipinski definition) is 2. The van der Waals surface area contributed by atoms with E-state index in [2.05, 4.69) is 28.4 Å². The summed E-state index contributed by atoms with van der Waals surface area (Å²) in [4.78, 5) is 57.3. The zero-order valence-electron chi connectivity index (χ0n) is 34.9. The number of ether oxygens (including phenoxy) is 5. The van der Waals surface area contributed by atoms with Gasteiger partial charge in [-0.3, -0.25) is 14.4 Å². The smallest absolute Gasteiger partial charge is 0.408 e. The minimum Gasteiger partial charge on any atom is -0.458 e. The molecule has 15 nitrogen and oxygen atoms in total. The van der Waals surface area contributed by atoms with E-state index in [1.165, 1.54) is 6.92 Å². The standard InChI is InChI=1S/C43H56N4O11/c1-11-33-43(8)37(45-41(52)57-43)25(4)34(48)23(2)21-42(7,53-17-13-16-30-20-31(46-58-30)29-15-12-14-28(19-29)22-44)38(26(5)35(49)27(6)39(51)55-33)56-40-36(50)32(47(9)10)18-24(3)54-40/h12,14-15,19-20,23-27,32-33,36-38,40,50H,11,17-18,21H2,1-10H3,(H,45,52)/t23-,24-,25-,26+,27-,32+,33+,36-,37-,38-,40+,42+,43-/m1/s1. The minimum atomic E-state index is -1.47. The molecule has 2 N–H and O–H groups in total. The Labute approximate surface area is 340 Å². The largest absolute Gasteiger partial charge is 0.458 e. The Kier molecular flexibility index (Phi) is 13.9. The number of nitrogens with one attached hydrogen (secondary N) is 1. The summed E-state index contributed by atoms with van der Waals surface area (Å²) in [5.74, 6) is 0.590. The van der Waals surface area contributed by atoms with E-state index < -0.39 is 83.4 Å². The van der Waals surface area contributed by atoms with Gasteiger partial charge in [0.25, 0.3) is 0 Å². The van der Waals surface area contributed by atoms with Gasteiger partial charge in [0.05, 0.1) is 35.5 Å². The molecule has 3 fully saturated rings. The number of cyclic esters (lactones) is 1. The van der Waals surface area contributed by atoms with Gasteiger partial charge in [-0.25, -0.2) is 4.79 Å².